The van der Waals surface area contributed by atoms with Crippen LogP contribution in [0, 0.1) is 0 Å². The van der Waals surface area contributed by atoms with Crippen LogP contribution in [0.5, 0.6) is 0 Å². The number of fused-ring (bicyclic) bond motifs is 1. The maximum atomic E-state index is 10.8. The van der Waals surface area contributed by atoms with Gasteiger partial charge in [0, 0.05) is 44.8 Å². The molecule has 0 saturated carbocycles. The molecule has 0 spiro atoms. The lowest BCUT2D eigenvalue weighted by atomic mass is 10.1. The summed E-state index contributed by atoms with van der Waals surface area (Å²) >= 11 is 0. The van der Waals surface area contributed by atoms with Gasteiger partial charge in [-0.25, -0.2) is 9.97 Å². The molecule has 2 unspecified atom stereocenters. The Hall–Kier alpha value is -3.12. The SMILES string of the molecule is CC1CN(c2nc3nc(N4C[C@@H](C)O[C@@H](C)C4)nc(N(CCO)CC(C)(C)O)c3nc2-c2ccccc2)CC(C)O1. The van der Waals surface area contributed by atoms with E-state index in [0.717, 1.165) is 17.1 Å². The van der Waals surface area contributed by atoms with Crippen molar-refractivity contribution in [3.05, 3.63) is 30.3 Å². The van der Waals surface area contributed by atoms with Crippen molar-refractivity contribution in [2.24, 2.45) is 0 Å². The fourth-order valence-electron chi connectivity index (χ4n) is 5.83. The lowest BCUT2D eigenvalue weighted by molar-refractivity contribution is -0.00580. The molecule has 0 aliphatic carbocycles. The predicted octanol–water partition coefficient (Wildman–Crippen LogP) is 2.88. The molecule has 2 N–H and O–H groups in total. The van der Waals surface area contributed by atoms with Crippen molar-refractivity contribution >= 4 is 28.7 Å². The highest BCUT2D eigenvalue weighted by Crippen LogP contribution is 2.35. The van der Waals surface area contributed by atoms with E-state index in [1.165, 1.54) is 0 Å². The van der Waals surface area contributed by atoms with Crippen molar-refractivity contribution in [1.82, 2.24) is 19.9 Å². The van der Waals surface area contributed by atoms with Gasteiger partial charge in [0.25, 0.3) is 0 Å². The molecule has 2 aliphatic heterocycles. The molecule has 1 aromatic carbocycles. The van der Waals surface area contributed by atoms with Crippen molar-refractivity contribution in [1.29, 1.82) is 0 Å². The summed E-state index contributed by atoms with van der Waals surface area (Å²) in [5.41, 5.74) is 1.63. The number of hydrogen-bond donors (Lipinski definition) is 2. The van der Waals surface area contributed by atoms with Crippen LogP contribution in [0.3, 0.4) is 0 Å². The van der Waals surface area contributed by atoms with E-state index in [9.17, 15) is 10.2 Å². The first kappa shape index (κ1) is 29.4. The summed E-state index contributed by atoms with van der Waals surface area (Å²) < 4.78 is 12.0. The first-order chi connectivity index (χ1) is 19.5. The quantitative estimate of drug-likeness (QED) is 0.419. The molecule has 3 aromatic rings. The molecule has 2 aromatic heterocycles. The molecule has 2 fully saturated rings. The second kappa shape index (κ2) is 12.0. The Bertz CT molecular complexity index is 1320. The average Bonchev–Trinajstić information content (AvgIpc) is 2.90. The molecule has 222 valence electrons. The van der Waals surface area contributed by atoms with Crippen molar-refractivity contribution in [3.63, 3.8) is 0 Å². The van der Waals surface area contributed by atoms with Gasteiger partial charge in [-0.3, -0.25) is 0 Å². The minimum atomic E-state index is -1.04. The lowest BCUT2D eigenvalue weighted by Gasteiger charge is -2.37. The van der Waals surface area contributed by atoms with Crippen molar-refractivity contribution in [2.75, 3.05) is 60.6 Å². The predicted molar refractivity (Wildman–Crippen MR) is 161 cm³/mol. The first-order valence-corrected chi connectivity index (χ1v) is 14.5. The number of hydrogen-bond acceptors (Lipinski definition) is 11. The third-order valence-corrected chi connectivity index (χ3v) is 7.20. The van der Waals surface area contributed by atoms with Crippen LogP contribution in [0.15, 0.2) is 30.3 Å². The summed E-state index contributed by atoms with van der Waals surface area (Å²) in [5, 5.41) is 20.8. The first-order valence-electron chi connectivity index (χ1n) is 14.5. The van der Waals surface area contributed by atoms with Gasteiger partial charge in [0.15, 0.2) is 22.8 Å². The zero-order chi connectivity index (χ0) is 29.3. The minimum absolute atomic E-state index is 0.0184. The second-order valence-corrected chi connectivity index (χ2v) is 12.1. The van der Waals surface area contributed by atoms with Crippen LogP contribution in [0.4, 0.5) is 17.6 Å². The zero-order valence-corrected chi connectivity index (χ0v) is 25.0. The highest BCUT2D eigenvalue weighted by molar-refractivity contribution is 5.89. The summed E-state index contributed by atoms with van der Waals surface area (Å²) in [7, 11) is 0. The molecular weight excluding hydrogens is 522 g/mol. The Kier molecular flexibility index (Phi) is 8.60. The van der Waals surface area contributed by atoms with Crippen molar-refractivity contribution in [3.8, 4) is 11.3 Å². The van der Waals surface area contributed by atoms with Gasteiger partial charge in [-0.2, -0.15) is 9.97 Å². The van der Waals surface area contributed by atoms with E-state index in [4.69, 9.17) is 29.4 Å². The average molecular weight is 566 g/mol. The second-order valence-electron chi connectivity index (χ2n) is 12.1. The number of nitrogens with zero attached hydrogens (tertiary/aromatic N) is 7. The molecular formula is C30H43N7O4. The number of benzene rings is 1. The maximum absolute atomic E-state index is 10.8. The summed E-state index contributed by atoms with van der Waals surface area (Å²) in [6.07, 6.45) is 0.119. The largest absolute Gasteiger partial charge is 0.395 e. The maximum Gasteiger partial charge on any atom is 0.229 e. The molecule has 0 bridgehead atoms. The van der Waals surface area contributed by atoms with Crippen LogP contribution in [-0.2, 0) is 9.47 Å². The third-order valence-electron chi connectivity index (χ3n) is 7.20. The normalized spacial score (nSPS) is 23.7. The standard InChI is InChI=1S/C30H43N7O4/c1-19-14-36(15-20(2)40-19)27-24(23-10-8-7-9-11-23)31-25-26(32-27)33-29(37-16-21(3)41-22(4)17-37)34-28(25)35(12-13-38)18-30(5,6)39/h7-11,19-22,38-39H,12-18H2,1-6H3/t19?,20?,21-,22+. The summed E-state index contributed by atoms with van der Waals surface area (Å²) in [5.74, 6) is 1.82. The van der Waals surface area contributed by atoms with E-state index in [-0.39, 0.29) is 44.1 Å². The van der Waals surface area contributed by atoms with Gasteiger partial charge >= 0.3 is 0 Å². The Morgan fingerprint density at radius 3 is 2.00 bits per heavy atom. The Balaban J connectivity index is 1.74. The number of aliphatic hydroxyl groups excluding tert-OH is 1. The fourth-order valence-corrected chi connectivity index (χ4v) is 5.83. The van der Waals surface area contributed by atoms with E-state index < -0.39 is 5.60 Å². The molecule has 5 rings (SSSR count). The van der Waals surface area contributed by atoms with Crippen molar-refractivity contribution < 1.29 is 19.7 Å². The molecule has 0 amide bonds. The van der Waals surface area contributed by atoms with Gasteiger partial charge in [0.2, 0.25) is 5.95 Å². The molecule has 2 saturated heterocycles. The Labute approximate surface area is 242 Å². The smallest absolute Gasteiger partial charge is 0.229 e. The van der Waals surface area contributed by atoms with Crippen LogP contribution in [0.2, 0.25) is 0 Å². The number of rotatable bonds is 8. The molecule has 41 heavy (non-hydrogen) atoms. The van der Waals surface area contributed by atoms with Crippen LogP contribution in [-0.4, -0.2) is 106 Å². The number of morpholine rings is 2. The van der Waals surface area contributed by atoms with E-state index in [2.05, 4.69) is 23.6 Å². The summed E-state index contributed by atoms with van der Waals surface area (Å²) in [4.78, 5) is 26.6. The molecule has 4 atom stereocenters. The number of aromatic nitrogens is 4. The van der Waals surface area contributed by atoms with Gasteiger partial charge < -0.3 is 34.4 Å². The van der Waals surface area contributed by atoms with E-state index >= 15 is 0 Å². The van der Waals surface area contributed by atoms with Crippen LogP contribution in [0.1, 0.15) is 41.5 Å². The third kappa shape index (κ3) is 6.86. The summed E-state index contributed by atoms with van der Waals surface area (Å²) in [6.45, 7) is 14.8. The van der Waals surface area contributed by atoms with Gasteiger partial charge in [-0.15, -0.1) is 0 Å². The van der Waals surface area contributed by atoms with E-state index in [1.54, 1.807) is 13.8 Å². The van der Waals surface area contributed by atoms with Gasteiger partial charge in [0.1, 0.15) is 5.69 Å². The van der Waals surface area contributed by atoms with Crippen LogP contribution < -0.4 is 14.7 Å². The van der Waals surface area contributed by atoms with Crippen LogP contribution >= 0.6 is 0 Å². The topological polar surface area (TPSA) is 120 Å². The zero-order valence-electron chi connectivity index (χ0n) is 25.0. The number of aliphatic hydroxyl groups is 2. The molecule has 0 radical (unpaired) electrons. The number of ether oxygens (including phenoxy) is 2. The fraction of sp³-hybridized carbons (Fsp3) is 0.600. The van der Waals surface area contributed by atoms with E-state index in [0.29, 0.717) is 49.1 Å². The Morgan fingerprint density at radius 2 is 1.44 bits per heavy atom. The lowest BCUT2D eigenvalue weighted by Crippen LogP contribution is -2.47. The number of anilines is 3. The molecule has 11 nitrogen and oxygen atoms in total. The highest BCUT2D eigenvalue weighted by Gasteiger charge is 2.31. The van der Waals surface area contributed by atoms with Gasteiger partial charge in [-0.1, -0.05) is 30.3 Å². The van der Waals surface area contributed by atoms with E-state index in [1.807, 2.05) is 49.1 Å². The Morgan fingerprint density at radius 1 is 0.854 bits per heavy atom. The van der Waals surface area contributed by atoms with Gasteiger partial charge in [-0.05, 0) is 41.5 Å². The molecule has 11 heteroatoms. The molecule has 4 heterocycles. The summed E-state index contributed by atoms with van der Waals surface area (Å²) in [6, 6.07) is 10.0. The van der Waals surface area contributed by atoms with Gasteiger partial charge in [0.05, 0.1) is 36.6 Å². The van der Waals surface area contributed by atoms with Crippen LogP contribution in [0.25, 0.3) is 22.4 Å². The molecule has 2 aliphatic rings. The minimum Gasteiger partial charge on any atom is -0.395 e. The monoisotopic (exact) mass is 565 g/mol. The highest BCUT2D eigenvalue weighted by atomic mass is 16.5. The van der Waals surface area contributed by atoms with Crippen molar-refractivity contribution in [2.45, 2.75) is 71.6 Å².